The molecule has 0 saturated carbocycles. The molecule has 0 aliphatic rings. The molecule has 2 aromatic rings. The first-order valence-electron chi connectivity index (χ1n) is 7.33. The van der Waals surface area contributed by atoms with E-state index in [0.29, 0.717) is 29.0 Å². The maximum absolute atomic E-state index is 12.9. The van der Waals surface area contributed by atoms with Gasteiger partial charge in [-0.25, -0.2) is 9.07 Å². The second-order valence-electron chi connectivity index (χ2n) is 5.50. The van der Waals surface area contributed by atoms with Gasteiger partial charge in [0.25, 0.3) is 0 Å². The number of hydrogen-bond donors (Lipinski definition) is 2. The van der Waals surface area contributed by atoms with E-state index in [2.05, 4.69) is 29.4 Å². The Hall–Kier alpha value is -2.09. The number of nitrogens with one attached hydrogen (secondary N) is 1. The zero-order chi connectivity index (χ0) is 16.8. The number of benzene rings is 1. The van der Waals surface area contributed by atoms with Gasteiger partial charge in [-0.05, 0) is 36.6 Å². The molecule has 3 N–H and O–H groups in total. The Kier molecular flexibility index (Phi) is 5.97. The Morgan fingerprint density at radius 1 is 1.35 bits per heavy atom. The molecule has 0 bridgehead atoms. The first kappa shape index (κ1) is 17.3. The van der Waals surface area contributed by atoms with Gasteiger partial charge in [-0.15, -0.1) is 10.2 Å². The molecule has 0 fully saturated rings. The van der Waals surface area contributed by atoms with Crippen molar-refractivity contribution in [3.05, 3.63) is 30.1 Å². The number of carbonyl (C=O) groups excluding carboxylic acids is 1. The minimum absolute atomic E-state index is 0.0676. The fourth-order valence-electron chi connectivity index (χ4n) is 1.85. The Labute approximate surface area is 138 Å². The molecule has 1 aromatic carbocycles. The molecule has 1 heterocycles. The summed E-state index contributed by atoms with van der Waals surface area (Å²) < 4.78 is 14.3. The van der Waals surface area contributed by atoms with Gasteiger partial charge in [0.1, 0.15) is 5.82 Å². The number of thioether (sulfide) groups is 1. The Balaban J connectivity index is 1.92. The Morgan fingerprint density at radius 3 is 2.70 bits per heavy atom. The molecule has 1 aromatic heterocycles. The predicted molar refractivity (Wildman–Crippen MR) is 88.8 cm³/mol. The third kappa shape index (κ3) is 4.95. The lowest BCUT2D eigenvalue weighted by atomic mass is 10.1. The van der Waals surface area contributed by atoms with E-state index in [1.807, 2.05) is 0 Å². The molecule has 0 aliphatic heterocycles. The van der Waals surface area contributed by atoms with Crippen LogP contribution in [0, 0.1) is 11.7 Å². The maximum Gasteiger partial charge on any atom is 0.230 e. The van der Waals surface area contributed by atoms with E-state index >= 15 is 0 Å². The van der Waals surface area contributed by atoms with Crippen LogP contribution in [-0.2, 0) is 4.79 Å². The number of nitrogens with zero attached hydrogens (tertiary/aromatic N) is 3. The van der Waals surface area contributed by atoms with Gasteiger partial charge in [-0.2, -0.15) is 0 Å². The molecule has 0 spiro atoms. The van der Waals surface area contributed by atoms with Gasteiger partial charge >= 0.3 is 0 Å². The highest BCUT2D eigenvalue weighted by molar-refractivity contribution is 7.99. The molecule has 0 atom stereocenters. The average molecular weight is 337 g/mol. The van der Waals surface area contributed by atoms with E-state index in [4.69, 9.17) is 5.84 Å². The smallest absolute Gasteiger partial charge is 0.230 e. The fourth-order valence-corrected chi connectivity index (χ4v) is 2.54. The summed E-state index contributed by atoms with van der Waals surface area (Å²) in [6, 6.07) is 5.82. The molecule has 0 aliphatic carbocycles. The lowest BCUT2D eigenvalue weighted by Crippen LogP contribution is -2.27. The molecule has 23 heavy (non-hydrogen) atoms. The van der Waals surface area contributed by atoms with Gasteiger partial charge in [0, 0.05) is 12.1 Å². The van der Waals surface area contributed by atoms with Crippen molar-refractivity contribution in [2.75, 3.05) is 18.1 Å². The van der Waals surface area contributed by atoms with Crippen LogP contribution in [0.1, 0.15) is 20.3 Å². The van der Waals surface area contributed by atoms with Crippen LogP contribution < -0.4 is 11.2 Å². The highest BCUT2D eigenvalue weighted by atomic mass is 32.2. The summed E-state index contributed by atoms with van der Waals surface area (Å²) in [7, 11) is 0. The molecule has 0 radical (unpaired) electrons. The Bertz CT molecular complexity index is 656. The third-order valence-electron chi connectivity index (χ3n) is 3.14. The van der Waals surface area contributed by atoms with Crippen molar-refractivity contribution >= 4 is 17.7 Å². The van der Waals surface area contributed by atoms with Crippen molar-refractivity contribution in [1.29, 1.82) is 0 Å². The zero-order valence-corrected chi connectivity index (χ0v) is 13.9. The molecule has 0 unspecified atom stereocenters. The van der Waals surface area contributed by atoms with Crippen molar-refractivity contribution < 1.29 is 9.18 Å². The quantitative estimate of drug-likeness (QED) is 0.596. The summed E-state index contributed by atoms with van der Waals surface area (Å²) in [6.07, 6.45) is 0.943. The van der Waals surface area contributed by atoms with Gasteiger partial charge in [0.05, 0.1) is 5.75 Å². The van der Waals surface area contributed by atoms with E-state index in [9.17, 15) is 9.18 Å². The van der Waals surface area contributed by atoms with E-state index < -0.39 is 0 Å². The molecule has 124 valence electrons. The van der Waals surface area contributed by atoms with Crippen LogP contribution in [0.25, 0.3) is 11.4 Å². The average Bonchev–Trinajstić information content (AvgIpc) is 2.87. The highest BCUT2D eigenvalue weighted by Crippen LogP contribution is 2.21. The van der Waals surface area contributed by atoms with Crippen LogP contribution in [0.15, 0.2) is 29.4 Å². The number of aromatic nitrogens is 3. The number of halogens is 1. The summed E-state index contributed by atoms with van der Waals surface area (Å²) >= 11 is 1.21. The lowest BCUT2D eigenvalue weighted by Gasteiger charge is -2.07. The normalized spacial score (nSPS) is 11.0. The SMILES string of the molecule is CC(C)CCNC(=O)CSc1nnc(-c2ccc(F)cc2)n1N. The van der Waals surface area contributed by atoms with E-state index in [-0.39, 0.29) is 17.5 Å². The van der Waals surface area contributed by atoms with Crippen LogP contribution in [0.5, 0.6) is 0 Å². The van der Waals surface area contributed by atoms with Crippen molar-refractivity contribution in [3.8, 4) is 11.4 Å². The van der Waals surface area contributed by atoms with Crippen molar-refractivity contribution in [2.24, 2.45) is 5.92 Å². The summed E-state index contributed by atoms with van der Waals surface area (Å²) in [5, 5.41) is 11.2. The standard InChI is InChI=1S/C15H20FN5OS/c1-10(2)7-8-18-13(22)9-23-15-20-19-14(21(15)17)11-3-5-12(16)6-4-11/h3-6,10H,7-9,17H2,1-2H3,(H,18,22). The minimum atomic E-state index is -0.329. The molecule has 1 amide bonds. The number of hydrogen-bond acceptors (Lipinski definition) is 5. The van der Waals surface area contributed by atoms with Crippen LogP contribution in [0.4, 0.5) is 4.39 Å². The summed E-state index contributed by atoms with van der Waals surface area (Å²) in [4.78, 5) is 11.8. The van der Waals surface area contributed by atoms with Crippen LogP contribution in [0.2, 0.25) is 0 Å². The first-order chi connectivity index (χ1) is 11.0. The van der Waals surface area contributed by atoms with Crippen LogP contribution in [0.3, 0.4) is 0 Å². The number of amides is 1. The van der Waals surface area contributed by atoms with Crippen molar-refractivity contribution in [1.82, 2.24) is 20.2 Å². The molecular formula is C15H20FN5OS. The fraction of sp³-hybridized carbons (Fsp3) is 0.400. The highest BCUT2D eigenvalue weighted by Gasteiger charge is 2.13. The first-order valence-corrected chi connectivity index (χ1v) is 8.32. The lowest BCUT2D eigenvalue weighted by molar-refractivity contribution is -0.118. The second kappa shape index (κ2) is 7.96. The predicted octanol–water partition coefficient (Wildman–Crippen LogP) is 2.05. The monoisotopic (exact) mass is 337 g/mol. The van der Waals surface area contributed by atoms with E-state index in [1.165, 1.54) is 28.6 Å². The molecule has 2 rings (SSSR count). The third-order valence-corrected chi connectivity index (χ3v) is 4.09. The van der Waals surface area contributed by atoms with E-state index in [0.717, 1.165) is 6.42 Å². The molecule has 6 nitrogen and oxygen atoms in total. The van der Waals surface area contributed by atoms with E-state index in [1.54, 1.807) is 12.1 Å². The largest absolute Gasteiger partial charge is 0.355 e. The van der Waals surface area contributed by atoms with Crippen molar-refractivity contribution in [2.45, 2.75) is 25.4 Å². The zero-order valence-electron chi connectivity index (χ0n) is 13.1. The molecule has 0 saturated heterocycles. The van der Waals surface area contributed by atoms with Crippen molar-refractivity contribution in [3.63, 3.8) is 0 Å². The summed E-state index contributed by atoms with van der Waals surface area (Å²) in [5.41, 5.74) is 0.662. The summed E-state index contributed by atoms with van der Waals surface area (Å²) in [5.74, 6) is 6.74. The van der Waals surface area contributed by atoms with Crippen LogP contribution >= 0.6 is 11.8 Å². The van der Waals surface area contributed by atoms with Crippen LogP contribution in [-0.4, -0.2) is 33.1 Å². The van der Waals surface area contributed by atoms with Gasteiger partial charge in [0.2, 0.25) is 11.1 Å². The molecular weight excluding hydrogens is 317 g/mol. The number of carbonyl (C=O) groups is 1. The van der Waals surface area contributed by atoms with Gasteiger partial charge in [-0.3, -0.25) is 4.79 Å². The van der Waals surface area contributed by atoms with Gasteiger partial charge < -0.3 is 11.2 Å². The van der Waals surface area contributed by atoms with Gasteiger partial charge in [-0.1, -0.05) is 25.6 Å². The minimum Gasteiger partial charge on any atom is -0.355 e. The maximum atomic E-state index is 12.9. The Morgan fingerprint density at radius 2 is 2.04 bits per heavy atom. The summed E-state index contributed by atoms with van der Waals surface area (Å²) in [6.45, 7) is 4.87. The second-order valence-corrected chi connectivity index (χ2v) is 6.45. The number of nitrogen functional groups attached to an aromatic ring is 1. The number of rotatable bonds is 7. The topological polar surface area (TPSA) is 85.8 Å². The van der Waals surface area contributed by atoms with Gasteiger partial charge in [0.15, 0.2) is 5.82 Å². The molecule has 8 heteroatoms. The number of nitrogens with two attached hydrogens (primary N) is 1.